The molecule has 1 saturated heterocycles. The van der Waals surface area contributed by atoms with Gasteiger partial charge < -0.3 is 10.2 Å². The van der Waals surface area contributed by atoms with Crippen LogP contribution in [0, 0.1) is 0 Å². The molecule has 1 N–H and O–H groups in total. The van der Waals surface area contributed by atoms with Crippen molar-refractivity contribution < 1.29 is 9.59 Å². The fourth-order valence-electron chi connectivity index (χ4n) is 2.00. The van der Waals surface area contributed by atoms with Gasteiger partial charge in [0.05, 0.1) is 6.54 Å². The van der Waals surface area contributed by atoms with E-state index in [-0.39, 0.29) is 24.4 Å². The second-order valence-electron chi connectivity index (χ2n) is 4.48. The predicted octanol–water partition coefficient (Wildman–Crippen LogP) is 1.58. The average Bonchev–Trinajstić information content (AvgIpc) is 2.45. The molecule has 1 atom stereocenters. The molecule has 1 aromatic rings. The van der Waals surface area contributed by atoms with Crippen molar-refractivity contribution in [1.82, 2.24) is 10.2 Å². The van der Waals surface area contributed by atoms with Crippen molar-refractivity contribution in [2.24, 2.45) is 0 Å². The lowest BCUT2D eigenvalue weighted by atomic mass is 10.1. The lowest BCUT2D eigenvalue weighted by Gasteiger charge is -2.26. The Morgan fingerprint density at radius 3 is 2.67 bits per heavy atom. The van der Waals surface area contributed by atoms with Gasteiger partial charge in [-0.3, -0.25) is 9.59 Å². The van der Waals surface area contributed by atoms with Gasteiger partial charge in [-0.05, 0) is 24.6 Å². The summed E-state index contributed by atoms with van der Waals surface area (Å²) in [5.41, 5.74) is 1.01. The Labute approximate surface area is 111 Å². The summed E-state index contributed by atoms with van der Waals surface area (Å²) in [6.07, 6.45) is 0.347. The van der Waals surface area contributed by atoms with Gasteiger partial charge in [0.25, 0.3) is 0 Å². The van der Waals surface area contributed by atoms with Crippen LogP contribution in [0.3, 0.4) is 0 Å². The van der Waals surface area contributed by atoms with Gasteiger partial charge in [0.2, 0.25) is 11.8 Å². The van der Waals surface area contributed by atoms with Crippen LogP contribution in [0.2, 0.25) is 5.02 Å². The summed E-state index contributed by atoms with van der Waals surface area (Å²) in [6, 6.07) is 7.29. The molecule has 1 aliphatic heterocycles. The molecule has 0 aliphatic carbocycles. The number of carbonyl (C=O) groups excluding carboxylic acids is 2. The van der Waals surface area contributed by atoms with E-state index in [9.17, 15) is 9.59 Å². The molecule has 4 nitrogen and oxygen atoms in total. The van der Waals surface area contributed by atoms with Crippen LogP contribution in [0.15, 0.2) is 24.3 Å². The minimum atomic E-state index is -0.0873. The van der Waals surface area contributed by atoms with Crippen LogP contribution in [-0.4, -0.2) is 29.3 Å². The highest BCUT2D eigenvalue weighted by molar-refractivity contribution is 6.30. The van der Waals surface area contributed by atoms with Gasteiger partial charge in [0.15, 0.2) is 0 Å². The number of rotatable bonds is 2. The van der Waals surface area contributed by atoms with E-state index in [4.69, 9.17) is 11.6 Å². The molecule has 96 valence electrons. The molecule has 2 amide bonds. The normalized spacial score (nSPS) is 20.6. The third-order valence-electron chi connectivity index (χ3n) is 3.04. The number of amides is 2. The zero-order chi connectivity index (χ0) is 13.1. The van der Waals surface area contributed by atoms with Crippen molar-refractivity contribution in [2.75, 3.05) is 6.54 Å². The minimum Gasteiger partial charge on any atom is -0.347 e. The molecule has 5 heteroatoms. The molecule has 0 aromatic heterocycles. The first kappa shape index (κ1) is 12.9. The van der Waals surface area contributed by atoms with E-state index in [0.29, 0.717) is 18.0 Å². The van der Waals surface area contributed by atoms with Crippen LogP contribution in [-0.2, 0) is 16.1 Å². The molecule has 18 heavy (non-hydrogen) atoms. The number of benzene rings is 1. The molecule has 1 fully saturated rings. The zero-order valence-corrected chi connectivity index (χ0v) is 10.9. The third kappa shape index (κ3) is 3.01. The molecule has 0 saturated carbocycles. The molecule has 1 aliphatic rings. The van der Waals surface area contributed by atoms with Crippen LogP contribution in [0.1, 0.15) is 18.9 Å². The smallest absolute Gasteiger partial charge is 0.242 e. The topological polar surface area (TPSA) is 49.4 Å². The van der Waals surface area contributed by atoms with Crippen molar-refractivity contribution >= 4 is 23.4 Å². The van der Waals surface area contributed by atoms with E-state index in [1.807, 2.05) is 19.1 Å². The molecular weight excluding hydrogens is 252 g/mol. The van der Waals surface area contributed by atoms with Crippen molar-refractivity contribution in [3.05, 3.63) is 34.9 Å². The molecular formula is C13H15ClN2O2. The quantitative estimate of drug-likeness (QED) is 0.884. The SMILES string of the molecule is C[C@@H]1CC(=O)NCC(=O)N1Cc1ccc(Cl)cc1. The van der Waals surface area contributed by atoms with Gasteiger partial charge in [0.1, 0.15) is 0 Å². The summed E-state index contributed by atoms with van der Waals surface area (Å²) in [5, 5.41) is 3.27. The molecule has 0 bridgehead atoms. The third-order valence-corrected chi connectivity index (χ3v) is 3.29. The fourth-order valence-corrected chi connectivity index (χ4v) is 2.13. The Hall–Kier alpha value is -1.55. The lowest BCUT2D eigenvalue weighted by molar-refractivity contribution is -0.132. The Morgan fingerprint density at radius 2 is 2.00 bits per heavy atom. The van der Waals surface area contributed by atoms with Gasteiger partial charge in [-0.1, -0.05) is 23.7 Å². The van der Waals surface area contributed by atoms with E-state index in [1.165, 1.54) is 0 Å². The summed E-state index contributed by atoms with van der Waals surface area (Å²) in [6.45, 7) is 2.47. The van der Waals surface area contributed by atoms with Crippen LogP contribution in [0.5, 0.6) is 0 Å². The molecule has 0 unspecified atom stereocenters. The fraction of sp³-hybridized carbons (Fsp3) is 0.385. The van der Waals surface area contributed by atoms with Gasteiger partial charge in [-0.25, -0.2) is 0 Å². The van der Waals surface area contributed by atoms with Crippen LogP contribution >= 0.6 is 11.6 Å². The van der Waals surface area contributed by atoms with E-state index < -0.39 is 0 Å². The maximum absolute atomic E-state index is 11.9. The summed E-state index contributed by atoms with van der Waals surface area (Å²) >= 11 is 5.82. The number of nitrogens with zero attached hydrogens (tertiary/aromatic N) is 1. The monoisotopic (exact) mass is 266 g/mol. The van der Waals surface area contributed by atoms with Gasteiger partial charge in [-0.15, -0.1) is 0 Å². The van der Waals surface area contributed by atoms with Crippen LogP contribution < -0.4 is 5.32 Å². The average molecular weight is 267 g/mol. The second kappa shape index (κ2) is 5.40. The first-order valence-corrected chi connectivity index (χ1v) is 6.24. The Balaban J connectivity index is 2.12. The van der Waals surface area contributed by atoms with E-state index in [0.717, 1.165) is 5.56 Å². The predicted molar refractivity (Wildman–Crippen MR) is 69.1 cm³/mol. The lowest BCUT2D eigenvalue weighted by Crippen LogP contribution is -2.39. The zero-order valence-electron chi connectivity index (χ0n) is 10.1. The summed E-state index contributed by atoms with van der Waals surface area (Å²) in [5.74, 6) is -0.127. The summed E-state index contributed by atoms with van der Waals surface area (Å²) in [4.78, 5) is 25.0. The number of halogens is 1. The molecule has 0 spiro atoms. The summed E-state index contributed by atoms with van der Waals surface area (Å²) in [7, 11) is 0. The maximum atomic E-state index is 11.9. The number of carbonyl (C=O) groups is 2. The highest BCUT2D eigenvalue weighted by atomic mass is 35.5. The number of nitrogens with one attached hydrogen (secondary N) is 1. The van der Waals surface area contributed by atoms with Gasteiger partial charge in [0, 0.05) is 24.0 Å². The second-order valence-corrected chi connectivity index (χ2v) is 4.91. The molecule has 0 radical (unpaired) electrons. The van der Waals surface area contributed by atoms with Gasteiger partial charge in [-0.2, -0.15) is 0 Å². The number of hydrogen-bond donors (Lipinski definition) is 1. The van der Waals surface area contributed by atoms with E-state index in [1.54, 1.807) is 17.0 Å². The largest absolute Gasteiger partial charge is 0.347 e. The Morgan fingerprint density at radius 1 is 1.33 bits per heavy atom. The molecule has 1 heterocycles. The Bertz CT molecular complexity index is 459. The van der Waals surface area contributed by atoms with Crippen LogP contribution in [0.25, 0.3) is 0 Å². The standard InChI is InChI=1S/C13H15ClN2O2/c1-9-6-12(17)15-7-13(18)16(9)8-10-2-4-11(14)5-3-10/h2-5,9H,6-8H2,1H3,(H,15,17)/t9-/m1/s1. The minimum absolute atomic E-state index is 0.0525. The van der Waals surface area contributed by atoms with Crippen molar-refractivity contribution in [2.45, 2.75) is 25.9 Å². The highest BCUT2D eigenvalue weighted by Gasteiger charge is 2.26. The van der Waals surface area contributed by atoms with E-state index >= 15 is 0 Å². The Kier molecular flexibility index (Phi) is 3.87. The van der Waals surface area contributed by atoms with Crippen molar-refractivity contribution in [3.63, 3.8) is 0 Å². The van der Waals surface area contributed by atoms with E-state index in [2.05, 4.69) is 5.32 Å². The molecule has 1 aromatic carbocycles. The first-order chi connectivity index (χ1) is 8.56. The van der Waals surface area contributed by atoms with Crippen molar-refractivity contribution in [3.8, 4) is 0 Å². The molecule has 2 rings (SSSR count). The van der Waals surface area contributed by atoms with Crippen LogP contribution in [0.4, 0.5) is 0 Å². The van der Waals surface area contributed by atoms with Gasteiger partial charge >= 0.3 is 0 Å². The number of hydrogen-bond acceptors (Lipinski definition) is 2. The highest BCUT2D eigenvalue weighted by Crippen LogP contribution is 2.15. The maximum Gasteiger partial charge on any atom is 0.242 e. The first-order valence-electron chi connectivity index (χ1n) is 5.87. The van der Waals surface area contributed by atoms with Crippen molar-refractivity contribution in [1.29, 1.82) is 0 Å². The summed E-state index contributed by atoms with van der Waals surface area (Å²) < 4.78 is 0.